The molecule has 0 heterocycles. The molecule has 0 N–H and O–H groups in total. The van der Waals surface area contributed by atoms with Crippen LogP contribution in [0.3, 0.4) is 0 Å². The molecule has 22 heavy (non-hydrogen) atoms. The molecule has 3 nitrogen and oxygen atoms in total. The van der Waals surface area contributed by atoms with E-state index in [2.05, 4.69) is 31.2 Å². The van der Waals surface area contributed by atoms with Gasteiger partial charge in [-0.2, -0.15) is 0 Å². The summed E-state index contributed by atoms with van der Waals surface area (Å²) in [6.07, 6.45) is 3.25. The SMILES string of the molecule is COc1cc(OC)c(-c2cccc3c2C=C(C)C3)c(OC)c1. The zero-order valence-corrected chi connectivity index (χ0v) is 13.4. The third-order valence-electron chi connectivity index (χ3n) is 4.04. The highest BCUT2D eigenvalue weighted by molar-refractivity contribution is 5.87. The number of rotatable bonds is 4. The first-order valence-corrected chi connectivity index (χ1v) is 7.27. The van der Waals surface area contributed by atoms with Gasteiger partial charge in [0.2, 0.25) is 0 Å². The molecule has 3 heteroatoms. The Balaban J connectivity index is 2.27. The maximum absolute atomic E-state index is 5.59. The van der Waals surface area contributed by atoms with Crippen molar-refractivity contribution in [1.29, 1.82) is 0 Å². The van der Waals surface area contributed by atoms with Crippen molar-refractivity contribution in [3.8, 4) is 28.4 Å². The summed E-state index contributed by atoms with van der Waals surface area (Å²) in [4.78, 5) is 0. The van der Waals surface area contributed by atoms with Crippen molar-refractivity contribution in [3.63, 3.8) is 0 Å². The molecule has 0 aromatic heterocycles. The van der Waals surface area contributed by atoms with E-state index in [9.17, 15) is 0 Å². The van der Waals surface area contributed by atoms with Crippen LogP contribution < -0.4 is 14.2 Å². The molecular weight excluding hydrogens is 276 g/mol. The second-order valence-electron chi connectivity index (χ2n) is 5.45. The quantitative estimate of drug-likeness (QED) is 0.840. The van der Waals surface area contributed by atoms with Gasteiger partial charge in [0.25, 0.3) is 0 Å². The van der Waals surface area contributed by atoms with Gasteiger partial charge in [-0.05, 0) is 30.0 Å². The molecule has 0 aliphatic heterocycles. The number of hydrogen-bond acceptors (Lipinski definition) is 3. The minimum Gasteiger partial charge on any atom is -0.496 e. The largest absolute Gasteiger partial charge is 0.496 e. The summed E-state index contributed by atoms with van der Waals surface area (Å²) in [5.74, 6) is 2.22. The molecule has 0 atom stereocenters. The smallest absolute Gasteiger partial charge is 0.134 e. The fourth-order valence-corrected chi connectivity index (χ4v) is 3.02. The maximum Gasteiger partial charge on any atom is 0.134 e. The van der Waals surface area contributed by atoms with Gasteiger partial charge in [-0.15, -0.1) is 0 Å². The van der Waals surface area contributed by atoms with E-state index in [1.165, 1.54) is 16.7 Å². The Bertz CT molecular complexity index is 719. The van der Waals surface area contributed by atoms with Gasteiger partial charge in [-0.25, -0.2) is 0 Å². The standard InChI is InChI=1S/C19H20O3/c1-12-8-13-6-5-7-15(16(13)9-12)19-17(21-3)10-14(20-2)11-18(19)22-4/h5-7,9-11H,8H2,1-4H3. The van der Waals surface area contributed by atoms with Crippen molar-refractivity contribution in [1.82, 2.24) is 0 Å². The highest BCUT2D eigenvalue weighted by Gasteiger charge is 2.21. The average Bonchev–Trinajstić information content (AvgIpc) is 2.93. The first-order valence-electron chi connectivity index (χ1n) is 7.27. The lowest BCUT2D eigenvalue weighted by molar-refractivity contribution is 0.377. The second-order valence-corrected chi connectivity index (χ2v) is 5.45. The van der Waals surface area contributed by atoms with Gasteiger partial charge < -0.3 is 14.2 Å². The van der Waals surface area contributed by atoms with Gasteiger partial charge in [0.1, 0.15) is 17.2 Å². The van der Waals surface area contributed by atoms with Crippen LogP contribution in [0.4, 0.5) is 0 Å². The van der Waals surface area contributed by atoms with Crippen molar-refractivity contribution in [3.05, 3.63) is 47.0 Å². The Morgan fingerprint density at radius 2 is 1.59 bits per heavy atom. The summed E-state index contributed by atoms with van der Waals surface area (Å²) in [5.41, 5.74) is 6.06. The topological polar surface area (TPSA) is 27.7 Å². The van der Waals surface area contributed by atoms with E-state index in [-0.39, 0.29) is 0 Å². The Hall–Kier alpha value is -2.42. The fourth-order valence-electron chi connectivity index (χ4n) is 3.02. The van der Waals surface area contributed by atoms with Crippen LogP contribution in [0.2, 0.25) is 0 Å². The monoisotopic (exact) mass is 296 g/mol. The van der Waals surface area contributed by atoms with Crippen LogP contribution in [-0.2, 0) is 6.42 Å². The molecule has 0 spiro atoms. The molecule has 0 fully saturated rings. The predicted molar refractivity (Wildman–Crippen MR) is 88.9 cm³/mol. The Morgan fingerprint density at radius 1 is 0.909 bits per heavy atom. The molecular formula is C19H20O3. The lowest BCUT2D eigenvalue weighted by Crippen LogP contribution is -1.97. The molecule has 3 rings (SSSR count). The minimum absolute atomic E-state index is 0.719. The maximum atomic E-state index is 5.59. The van der Waals surface area contributed by atoms with Gasteiger partial charge in [-0.1, -0.05) is 29.8 Å². The molecule has 114 valence electrons. The number of ether oxygens (including phenoxy) is 3. The normalized spacial score (nSPS) is 12.6. The van der Waals surface area contributed by atoms with E-state index in [0.29, 0.717) is 0 Å². The summed E-state index contributed by atoms with van der Waals surface area (Å²) in [5, 5.41) is 0. The number of fused-ring (bicyclic) bond motifs is 1. The van der Waals surface area contributed by atoms with Crippen LogP contribution in [-0.4, -0.2) is 21.3 Å². The van der Waals surface area contributed by atoms with Crippen molar-refractivity contribution < 1.29 is 14.2 Å². The van der Waals surface area contributed by atoms with Gasteiger partial charge in [0.05, 0.1) is 26.9 Å². The summed E-state index contributed by atoms with van der Waals surface area (Å²) < 4.78 is 16.5. The van der Waals surface area contributed by atoms with E-state index >= 15 is 0 Å². The van der Waals surface area contributed by atoms with E-state index in [4.69, 9.17) is 14.2 Å². The Morgan fingerprint density at radius 3 is 2.18 bits per heavy atom. The van der Waals surface area contributed by atoms with Crippen molar-refractivity contribution in [2.75, 3.05) is 21.3 Å². The summed E-state index contributed by atoms with van der Waals surface area (Å²) in [6, 6.07) is 10.2. The molecule has 1 aliphatic carbocycles. The molecule has 0 bridgehead atoms. The molecule has 0 amide bonds. The van der Waals surface area contributed by atoms with Crippen LogP contribution in [0.15, 0.2) is 35.9 Å². The lowest BCUT2D eigenvalue weighted by Gasteiger charge is -2.17. The summed E-state index contributed by atoms with van der Waals surface area (Å²) >= 11 is 0. The minimum atomic E-state index is 0.719. The van der Waals surface area contributed by atoms with E-state index in [1.807, 2.05) is 12.1 Å². The first kappa shape index (κ1) is 14.5. The summed E-state index contributed by atoms with van der Waals surface area (Å²) in [7, 11) is 4.98. The highest BCUT2D eigenvalue weighted by Crippen LogP contribution is 2.45. The van der Waals surface area contributed by atoms with E-state index in [1.54, 1.807) is 21.3 Å². The molecule has 2 aromatic carbocycles. The van der Waals surface area contributed by atoms with Crippen LogP contribution in [0.1, 0.15) is 18.1 Å². The van der Waals surface area contributed by atoms with Crippen molar-refractivity contribution in [2.45, 2.75) is 13.3 Å². The molecule has 1 aliphatic rings. The molecule has 0 radical (unpaired) electrons. The Kier molecular flexibility index (Phi) is 3.80. The van der Waals surface area contributed by atoms with Crippen molar-refractivity contribution in [2.24, 2.45) is 0 Å². The molecule has 0 unspecified atom stereocenters. The number of hydrogen-bond donors (Lipinski definition) is 0. The number of allylic oxidation sites excluding steroid dienone is 1. The van der Waals surface area contributed by atoms with Crippen LogP contribution in [0.5, 0.6) is 17.2 Å². The fraction of sp³-hybridized carbons (Fsp3) is 0.263. The average molecular weight is 296 g/mol. The molecule has 0 saturated heterocycles. The zero-order valence-electron chi connectivity index (χ0n) is 13.4. The van der Waals surface area contributed by atoms with Gasteiger partial charge >= 0.3 is 0 Å². The van der Waals surface area contributed by atoms with Crippen LogP contribution in [0.25, 0.3) is 17.2 Å². The summed E-state index contributed by atoms with van der Waals surface area (Å²) in [6.45, 7) is 2.16. The van der Waals surface area contributed by atoms with Crippen molar-refractivity contribution >= 4 is 6.08 Å². The van der Waals surface area contributed by atoms with Crippen LogP contribution >= 0.6 is 0 Å². The highest BCUT2D eigenvalue weighted by atomic mass is 16.5. The third-order valence-corrected chi connectivity index (χ3v) is 4.04. The van der Waals surface area contributed by atoms with E-state index in [0.717, 1.165) is 34.8 Å². The second kappa shape index (κ2) is 5.76. The first-order chi connectivity index (χ1) is 10.7. The lowest BCUT2D eigenvalue weighted by atomic mass is 9.95. The van der Waals surface area contributed by atoms with Gasteiger partial charge in [0.15, 0.2) is 0 Å². The zero-order chi connectivity index (χ0) is 15.7. The number of methoxy groups -OCH3 is 3. The number of benzene rings is 2. The predicted octanol–water partition coefficient (Wildman–Crippen LogP) is 4.34. The molecule has 2 aromatic rings. The molecule has 0 saturated carbocycles. The van der Waals surface area contributed by atoms with Gasteiger partial charge in [0, 0.05) is 12.1 Å². The van der Waals surface area contributed by atoms with Crippen LogP contribution in [0, 0.1) is 0 Å². The van der Waals surface area contributed by atoms with Gasteiger partial charge in [-0.3, -0.25) is 0 Å². The Labute approximate surface area is 131 Å². The van der Waals surface area contributed by atoms with E-state index < -0.39 is 0 Å². The third kappa shape index (κ3) is 2.33.